The lowest BCUT2D eigenvalue weighted by atomic mass is 9.73. The van der Waals surface area contributed by atoms with Crippen molar-refractivity contribution in [1.82, 2.24) is 10.2 Å². The first-order valence-electron chi connectivity index (χ1n) is 10.5. The molecule has 0 aromatic heterocycles. The van der Waals surface area contributed by atoms with E-state index in [-0.39, 0.29) is 37.4 Å². The van der Waals surface area contributed by atoms with Gasteiger partial charge in [-0.2, -0.15) is 0 Å². The van der Waals surface area contributed by atoms with E-state index in [4.69, 9.17) is 10.5 Å². The molecule has 2 aliphatic rings. The van der Waals surface area contributed by atoms with Gasteiger partial charge in [0, 0.05) is 13.1 Å². The van der Waals surface area contributed by atoms with Crippen molar-refractivity contribution in [3.63, 3.8) is 0 Å². The van der Waals surface area contributed by atoms with Crippen LogP contribution in [0.15, 0.2) is 24.3 Å². The van der Waals surface area contributed by atoms with Crippen LogP contribution >= 0.6 is 0 Å². The van der Waals surface area contributed by atoms with Gasteiger partial charge >= 0.3 is 0 Å². The minimum Gasteiger partial charge on any atom is -0.497 e. The first-order valence-corrected chi connectivity index (χ1v) is 10.5. The second-order valence-corrected chi connectivity index (χ2v) is 8.49. The topological polar surface area (TPSA) is 122 Å². The third kappa shape index (κ3) is 4.92. The van der Waals surface area contributed by atoms with Crippen molar-refractivity contribution in [2.45, 2.75) is 44.6 Å². The Balaban J connectivity index is 1.71. The van der Waals surface area contributed by atoms with E-state index < -0.39 is 17.4 Å². The van der Waals surface area contributed by atoms with E-state index in [9.17, 15) is 19.5 Å². The Morgan fingerprint density at radius 2 is 1.97 bits per heavy atom. The van der Waals surface area contributed by atoms with E-state index >= 15 is 0 Å². The van der Waals surface area contributed by atoms with Crippen LogP contribution in [-0.4, -0.2) is 60.6 Å². The Bertz CT molecular complexity index is 785. The summed E-state index contributed by atoms with van der Waals surface area (Å²) in [5, 5.41) is 13.1. The first kappa shape index (κ1) is 22.1. The van der Waals surface area contributed by atoms with Crippen LogP contribution < -0.4 is 15.8 Å². The second-order valence-electron chi connectivity index (χ2n) is 8.49. The van der Waals surface area contributed by atoms with Crippen LogP contribution in [0, 0.1) is 11.3 Å². The maximum atomic E-state index is 12.9. The van der Waals surface area contributed by atoms with E-state index in [1.54, 1.807) is 12.0 Å². The van der Waals surface area contributed by atoms with Crippen LogP contribution in [0.5, 0.6) is 5.75 Å². The summed E-state index contributed by atoms with van der Waals surface area (Å²) in [6.07, 6.45) is 4.29. The van der Waals surface area contributed by atoms with Gasteiger partial charge in [0.15, 0.2) is 0 Å². The fourth-order valence-electron chi connectivity index (χ4n) is 4.54. The molecule has 1 heterocycles. The van der Waals surface area contributed by atoms with Crippen molar-refractivity contribution in [2.24, 2.45) is 17.1 Å². The number of likely N-dealkylation sites (tertiary alicyclic amines) is 1. The molecule has 0 bridgehead atoms. The highest BCUT2D eigenvalue weighted by atomic mass is 16.5. The highest BCUT2D eigenvalue weighted by Crippen LogP contribution is 2.37. The third-order valence-corrected chi connectivity index (χ3v) is 6.23. The molecule has 30 heavy (non-hydrogen) atoms. The number of hydrogen-bond acceptors (Lipinski definition) is 5. The van der Waals surface area contributed by atoms with Crippen LogP contribution in [0.3, 0.4) is 0 Å². The molecule has 1 saturated heterocycles. The summed E-state index contributed by atoms with van der Waals surface area (Å²) in [4.78, 5) is 38.4. The van der Waals surface area contributed by atoms with E-state index in [1.807, 2.05) is 24.3 Å². The summed E-state index contributed by atoms with van der Waals surface area (Å²) in [7, 11) is 1.57. The highest BCUT2D eigenvalue weighted by Gasteiger charge is 2.52. The molecular formula is C22H31N3O5. The number of carbonyl (C=O) groups excluding carboxylic acids is 3. The van der Waals surface area contributed by atoms with Crippen molar-refractivity contribution in [3.05, 3.63) is 29.8 Å². The molecule has 8 nitrogen and oxygen atoms in total. The Hall–Kier alpha value is -2.61. The van der Waals surface area contributed by atoms with Crippen LogP contribution in [0.2, 0.25) is 0 Å². The van der Waals surface area contributed by atoms with Crippen molar-refractivity contribution >= 4 is 17.7 Å². The maximum Gasteiger partial charge on any atom is 0.251 e. The number of nitrogens with zero attached hydrogens (tertiary/aromatic N) is 1. The number of nitrogens with one attached hydrogen (secondary N) is 1. The van der Waals surface area contributed by atoms with E-state index in [0.29, 0.717) is 12.2 Å². The average Bonchev–Trinajstić information content (AvgIpc) is 2.74. The zero-order valence-electron chi connectivity index (χ0n) is 17.4. The molecule has 1 aromatic carbocycles. The summed E-state index contributed by atoms with van der Waals surface area (Å²) in [5.74, 6) is -0.588. The van der Waals surface area contributed by atoms with Crippen LogP contribution in [0.25, 0.3) is 0 Å². The van der Waals surface area contributed by atoms with Gasteiger partial charge in [-0.1, -0.05) is 31.4 Å². The molecule has 1 aliphatic heterocycles. The van der Waals surface area contributed by atoms with E-state index in [1.165, 1.54) is 0 Å². The number of primary amides is 1. The predicted octanol–water partition coefficient (Wildman–Crippen LogP) is 0.609. The Morgan fingerprint density at radius 1 is 1.27 bits per heavy atom. The summed E-state index contributed by atoms with van der Waals surface area (Å²) in [5.41, 5.74) is 5.18. The number of aliphatic hydroxyl groups excluding tert-OH is 1. The lowest BCUT2D eigenvalue weighted by Gasteiger charge is -2.50. The minimum atomic E-state index is -1.02. The quantitative estimate of drug-likeness (QED) is 0.572. The molecule has 8 heteroatoms. The molecule has 4 N–H and O–H groups in total. The number of amides is 3. The normalized spacial score (nSPS) is 19.5. The van der Waals surface area contributed by atoms with Crippen LogP contribution in [-0.2, 0) is 20.8 Å². The first-order chi connectivity index (χ1) is 14.3. The third-order valence-electron chi connectivity index (χ3n) is 6.23. The smallest absolute Gasteiger partial charge is 0.251 e. The Morgan fingerprint density at radius 3 is 2.60 bits per heavy atom. The number of hydrogen-bond donors (Lipinski definition) is 3. The number of rotatable bonds is 8. The Labute approximate surface area is 176 Å². The molecule has 0 radical (unpaired) electrons. The zero-order valence-corrected chi connectivity index (χ0v) is 17.4. The van der Waals surface area contributed by atoms with Crippen LogP contribution in [0.4, 0.5) is 0 Å². The minimum absolute atomic E-state index is 0.0108. The number of carbonyl (C=O) groups is 3. The monoisotopic (exact) mass is 417 g/mol. The molecule has 1 aromatic rings. The number of nitrogens with two attached hydrogens (primary N) is 1. The van der Waals surface area contributed by atoms with Gasteiger partial charge in [0.2, 0.25) is 11.8 Å². The number of aliphatic hydroxyl groups is 1. The number of methoxy groups -OCH3 is 1. The summed E-state index contributed by atoms with van der Waals surface area (Å²) in [6, 6.07) is 7.41. The van der Waals surface area contributed by atoms with Gasteiger partial charge in [-0.3, -0.25) is 14.4 Å². The predicted molar refractivity (Wildman–Crippen MR) is 110 cm³/mol. The van der Waals surface area contributed by atoms with Crippen molar-refractivity contribution in [2.75, 3.05) is 26.7 Å². The SMILES string of the molecule is COc1cccc(CC2(C(=O)NCC(N)=O)CN(C(=O)[C@H](O)C3CCCCC3)C2)c1. The van der Waals surface area contributed by atoms with Crippen molar-refractivity contribution in [1.29, 1.82) is 0 Å². The molecule has 2 fully saturated rings. The van der Waals surface area contributed by atoms with E-state index in [0.717, 1.165) is 37.7 Å². The van der Waals surface area contributed by atoms with Gasteiger partial charge in [0.25, 0.3) is 5.91 Å². The average molecular weight is 418 g/mol. The lowest BCUT2D eigenvalue weighted by molar-refractivity contribution is -0.162. The zero-order chi connectivity index (χ0) is 21.7. The van der Waals surface area contributed by atoms with Gasteiger partial charge < -0.3 is 25.8 Å². The molecule has 3 amide bonds. The molecular weight excluding hydrogens is 386 g/mol. The fourth-order valence-corrected chi connectivity index (χ4v) is 4.54. The highest BCUT2D eigenvalue weighted by molar-refractivity contribution is 5.91. The maximum absolute atomic E-state index is 12.9. The van der Waals surface area contributed by atoms with Crippen molar-refractivity contribution in [3.8, 4) is 5.75 Å². The second kappa shape index (κ2) is 9.47. The Kier molecular flexibility index (Phi) is 6.97. The lowest BCUT2D eigenvalue weighted by Crippen LogP contribution is -2.67. The van der Waals surface area contributed by atoms with Gasteiger partial charge in [0.1, 0.15) is 11.9 Å². The standard InChI is InChI=1S/C22H31N3O5/c1-30-17-9-5-6-15(10-17)11-22(21(29)24-12-18(23)26)13-25(14-22)20(28)19(27)16-7-3-2-4-8-16/h5-6,9-10,16,19,27H,2-4,7-8,11-14H2,1H3,(H2,23,26)(H,24,29)/t19-/m1/s1. The molecule has 0 unspecified atom stereocenters. The fraction of sp³-hybridized carbons (Fsp3) is 0.591. The van der Waals surface area contributed by atoms with Crippen molar-refractivity contribution < 1.29 is 24.2 Å². The van der Waals surface area contributed by atoms with Gasteiger partial charge in [-0.05, 0) is 42.9 Å². The largest absolute Gasteiger partial charge is 0.497 e. The summed E-state index contributed by atoms with van der Waals surface area (Å²) >= 11 is 0. The molecule has 3 rings (SSSR count). The number of ether oxygens (including phenoxy) is 1. The molecule has 0 spiro atoms. The van der Waals surface area contributed by atoms with Gasteiger partial charge in [-0.25, -0.2) is 0 Å². The molecule has 1 saturated carbocycles. The molecule has 1 atom stereocenters. The van der Waals surface area contributed by atoms with E-state index in [2.05, 4.69) is 5.32 Å². The molecule has 164 valence electrons. The molecule has 1 aliphatic carbocycles. The van der Waals surface area contributed by atoms with Crippen LogP contribution in [0.1, 0.15) is 37.7 Å². The summed E-state index contributed by atoms with van der Waals surface area (Å²) < 4.78 is 5.26. The summed E-state index contributed by atoms with van der Waals surface area (Å²) in [6.45, 7) is 0.131. The number of benzene rings is 1. The van der Waals surface area contributed by atoms with Gasteiger partial charge in [0.05, 0.1) is 19.1 Å². The van der Waals surface area contributed by atoms with Gasteiger partial charge in [-0.15, -0.1) is 0 Å².